The van der Waals surface area contributed by atoms with Gasteiger partial charge < -0.3 is 24.6 Å². The van der Waals surface area contributed by atoms with Crippen molar-refractivity contribution in [2.45, 2.75) is 38.5 Å². The van der Waals surface area contributed by atoms with E-state index in [-0.39, 0.29) is 29.8 Å². The molecule has 8 heteroatoms. The lowest BCUT2D eigenvalue weighted by molar-refractivity contribution is -0.138. The number of halogens is 1. The number of ether oxygens (including phenoxy) is 3. The van der Waals surface area contributed by atoms with Crippen LogP contribution in [0.25, 0.3) is 0 Å². The summed E-state index contributed by atoms with van der Waals surface area (Å²) in [6, 6.07) is 11.1. The van der Waals surface area contributed by atoms with Crippen LogP contribution in [0.5, 0.6) is 17.2 Å². The molecule has 0 saturated heterocycles. The van der Waals surface area contributed by atoms with Crippen LogP contribution < -0.4 is 14.8 Å². The molecule has 4 rings (SSSR count). The first-order chi connectivity index (χ1) is 16.8. The van der Waals surface area contributed by atoms with Crippen molar-refractivity contribution in [3.8, 4) is 17.2 Å². The van der Waals surface area contributed by atoms with Gasteiger partial charge in [-0.05, 0) is 77.5 Å². The minimum absolute atomic E-state index is 0.00154. The van der Waals surface area contributed by atoms with Crippen LogP contribution in [0, 0.1) is 0 Å². The molecule has 0 radical (unpaired) electrons. The lowest BCUT2D eigenvalue weighted by Gasteiger charge is -2.37. The van der Waals surface area contributed by atoms with E-state index in [0.29, 0.717) is 39.7 Å². The Morgan fingerprint density at radius 1 is 1.11 bits per heavy atom. The first kappa shape index (κ1) is 24.9. The Balaban J connectivity index is 1.82. The molecule has 7 nitrogen and oxygen atoms in total. The Morgan fingerprint density at radius 3 is 2.46 bits per heavy atom. The summed E-state index contributed by atoms with van der Waals surface area (Å²) in [7, 11) is 3.08. The van der Waals surface area contributed by atoms with Crippen molar-refractivity contribution in [3.63, 3.8) is 0 Å². The van der Waals surface area contributed by atoms with Gasteiger partial charge in [-0.25, -0.2) is 4.79 Å². The van der Waals surface area contributed by atoms with Crippen molar-refractivity contribution in [2.75, 3.05) is 20.8 Å². The van der Waals surface area contributed by atoms with E-state index in [1.54, 1.807) is 26.2 Å². The quantitative estimate of drug-likeness (QED) is 0.491. The van der Waals surface area contributed by atoms with Crippen LogP contribution in [0.4, 0.5) is 0 Å². The van der Waals surface area contributed by atoms with Gasteiger partial charge in [0, 0.05) is 29.3 Å². The molecular formula is C27H28BrNO6. The molecule has 1 aliphatic carbocycles. The van der Waals surface area contributed by atoms with Crippen LogP contribution in [-0.2, 0) is 14.3 Å². The number of dihydropyridines is 1. The van der Waals surface area contributed by atoms with Gasteiger partial charge in [0.25, 0.3) is 0 Å². The number of nitrogens with one attached hydrogen (secondary N) is 1. The summed E-state index contributed by atoms with van der Waals surface area (Å²) >= 11 is 3.37. The van der Waals surface area contributed by atoms with Gasteiger partial charge in [0.15, 0.2) is 17.3 Å². The van der Waals surface area contributed by atoms with Crippen LogP contribution in [0.1, 0.15) is 49.7 Å². The Hall–Kier alpha value is -3.26. The summed E-state index contributed by atoms with van der Waals surface area (Å²) in [5.41, 5.74) is 4.05. The second kappa shape index (κ2) is 10.2. The molecule has 0 amide bonds. The average molecular weight is 542 g/mol. The highest BCUT2D eigenvalue weighted by molar-refractivity contribution is 9.10. The number of methoxy groups -OCH3 is 2. The predicted octanol–water partition coefficient (Wildman–Crippen LogP) is 5.10. The standard InChI is InChI=1S/C27H28BrNO6/c1-5-35-27(32)23-14(2)29-20-11-16(15-6-8-18(33-3)9-7-15)12-21(30)25(20)24(23)17-10-19(28)26(31)22(13-17)34-4/h6-10,13,16,24,29,31H,5,11-12H2,1-4H3/t16-,24-/m0/s1. The third-order valence-electron chi connectivity index (χ3n) is 6.51. The minimum Gasteiger partial charge on any atom is -0.503 e. The van der Waals surface area contributed by atoms with Crippen molar-refractivity contribution in [1.82, 2.24) is 5.32 Å². The van der Waals surface area contributed by atoms with Gasteiger partial charge in [-0.2, -0.15) is 0 Å². The number of hydrogen-bond acceptors (Lipinski definition) is 7. The summed E-state index contributed by atoms with van der Waals surface area (Å²) < 4.78 is 16.4. The second-order valence-corrected chi connectivity index (χ2v) is 9.42. The van der Waals surface area contributed by atoms with Gasteiger partial charge in [-0.15, -0.1) is 0 Å². The first-order valence-electron chi connectivity index (χ1n) is 11.4. The van der Waals surface area contributed by atoms with Gasteiger partial charge in [0.05, 0.1) is 30.9 Å². The van der Waals surface area contributed by atoms with Crippen LogP contribution in [-0.4, -0.2) is 37.7 Å². The molecule has 2 aromatic carbocycles. The Kier molecular flexibility index (Phi) is 7.21. The minimum atomic E-state index is -0.652. The van der Waals surface area contributed by atoms with E-state index < -0.39 is 11.9 Å². The fourth-order valence-electron chi connectivity index (χ4n) is 4.88. The monoisotopic (exact) mass is 541 g/mol. The maximum absolute atomic E-state index is 13.7. The molecule has 0 fully saturated rings. The molecule has 1 heterocycles. The summed E-state index contributed by atoms with van der Waals surface area (Å²) in [6.07, 6.45) is 0.933. The van der Waals surface area contributed by atoms with E-state index in [0.717, 1.165) is 17.0 Å². The number of aromatic hydroxyl groups is 1. The number of rotatable bonds is 6. The molecule has 2 aliphatic rings. The highest BCUT2D eigenvalue weighted by Crippen LogP contribution is 2.48. The van der Waals surface area contributed by atoms with Crippen molar-refractivity contribution in [2.24, 2.45) is 0 Å². The number of carbonyl (C=O) groups is 2. The molecule has 0 unspecified atom stereocenters. The Morgan fingerprint density at radius 2 is 1.83 bits per heavy atom. The van der Waals surface area contributed by atoms with Crippen molar-refractivity contribution in [1.29, 1.82) is 0 Å². The number of esters is 1. The average Bonchev–Trinajstić information content (AvgIpc) is 2.84. The molecule has 1 aliphatic heterocycles. The topological polar surface area (TPSA) is 94.1 Å². The number of allylic oxidation sites excluding steroid dienone is 3. The molecule has 2 aromatic rings. The zero-order valence-electron chi connectivity index (χ0n) is 20.1. The van der Waals surface area contributed by atoms with E-state index >= 15 is 0 Å². The van der Waals surface area contributed by atoms with E-state index in [9.17, 15) is 14.7 Å². The molecular weight excluding hydrogens is 514 g/mol. The normalized spacial score (nSPS) is 19.7. The Bertz CT molecular complexity index is 1230. The zero-order valence-corrected chi connectivity index (χ0v) is 21.7. The molecule has 0 bridgehead atoms. The van der Waals surface area contributed by atoms with Crippen molar-refractivity contribution in [3.05, 3.63) is 74.5 Å². The number of phenols is 1. The van der Waals surface area contributed by atoms with Gasteiger partial charge in [0.2, 0.25) is 0 Å². The number of carbonyl (C=O) groups excluding carboxylic acids is 2. The van der Waals surface area contributed by atoms with Gasteiger partial charge in [-0.1, -0.05) is 12.1 Å². The summed E-state index contributed by atoms with van der Waals surface area (Å²) in [5, 5.41) is 13.7. The van der Waals surface area contributed by atoms with Crippen molar-refractivity contribution >= 4 is 27.7 Å². The maximum atomic E-state index is 13.7. The highest BCUT2D eigenvalue weighted by Gasteiger charge is 2.41. The number of Topliss-reactive ketones (excluding diaryl/α,β-unsaturated/α-hetero) is 1. The number of benzene rings is 2. The Labute approximate surface area is 212 Å². The van der Waals surface area contributed by atoms with Crippen LogP contribution >= 0.6 is 15.9 Å². The van der Waals surface area contributed by atoms with Crippen LogP contribution in [0.2, 0.25) is 0 Å². The van der Waals surface area contributed by atoms with E-state index in [4.69, 9.17) is 14.2 Å². The van der Waals surface area contributed by atoms with Crippen molar-refractivity contribution < 1.29 is 28.9 Å². The second-order valence-electron chi connectivity index (χ2n) is 8.56. The number of ketones is 1. The fourth-order valence-corrected chi connectivity index (χ4v) is 5.34. The smallest absolute Gasteiger partial charge is 0.336 e. The lowest BCUT2D eigenvalue weighted by atomic mass is 9.71. The largest absolute Gasteiger partial charge is 0.503 e. The first-order valence-corrected chi connectivity index (χ1v) is 12.2. The number of phenolic OH excluding ortho intramolecular Hbond substituents is 1. The summed E-state index contributed by atoms with van der Waals surface area (Å²) in [4.78, 5) is 26.7. The van der Waals surface area contributed by atoms with E-state index in [2.05, 4.69) is 21.2 Å². The molecule has 0 saturated carbocycles. The van der Waals surface area contributed by atoms with Gasteiger partial charge in [0.1, 0.15) is 5.75 Å². The van der Waals surface area contributed by atoms with E-state index in [1.165, 1.54) is 7.11 Å². The summed E-state index contributed by atoms with van der Waals surface area (Å²) in [6.45, 7) is 3.77. The zero-order chi connectivity index (χ0) is 25.3. The van der Waals surface area contributed by atoms with Gasteiger partial charge in [-0.3, -0.25) is 4.79 Å². The molecule has 2 atom stereocenters. The summed E-state index contributed by atoms with van der Waals surface area (Å²) in [5.74, 6) is -0.220. The third-order valence-corrected chi connectivity index (χ3v) is 7.12. The van der Waals surface area contributed by atoms with Crippen LogP contribution in [0.3, 0.4) is 0 Å². The lowest BCUT2D eigenvalue weighted by Crippen LogP contribution is -2.36. The van der Waals surface area contributed by atoms with Gasteiger partial charge >= 0.3 is 5.97 Å². The maximum Gasteiger partial charge on any atom is 0.336 e. The molecule has 0 aromatic heterocycles. The molecule has 2 N–H and O–H groups in total. The molecule has 0 spiro atoms. The third kappa shape index (κ3) is 4.67. The number of hydrogen-bond donors (Lipinski definition) is 2. The predicted molar refractivity (Wildman–Crippen MR) is 135 cm³/mol. The fraction of sp³-hybridized carbons (Fsp3) is 0.333. The highest BCUT2D eigenvalue weighted by atomic mass is 79.9. The SMILES string of the molecule is CCOC(=O)C1=C(C)NC2=C(C(=O)C[C@@H](c3ccc(OC)cc3)C2)[C@H]1c1cc(Br)c(O)c(OC)c1. The molecule has 35 heavy (non-hydrogen) atoms. The van der Waals surface area contributed by atoms with E-state index in [1.807, 2.05) is 31.2 Å². The van der Waals surface area contributed by atoms with Crippen LogP contribution in [0.15, 0.2) is 63.4 Å². The molecule has 184 valence electrons.